The van der Waals surface area contributed by atoms with E-state index in [-0.39, 0.29) is 24.5 Å². The maximum absolute atomic E-state index is 13.3. The minimum Gasteiger partial charge on any atom is -0.481 e. The largest absolute Gasteiger partial charge is 0.481 e. The number of hydrogen-bond donors (Lipinski definition) is 2. The molecule has 2 heterocycles. The fraction of sp³-hybridized carbons (Fsp3) is 0.471. The maximum atomic E-state index is 13.3. The summed E-state index contributed by atoms with van der Waals surface area (Å²) < 4.78 is 45.7. The molecule has 0 saturated heterocycles. The van der Waals surface area contributed by atoms with Crippen molar-refractivity contribution in [1.29, 1.82) is 0 Å². The molecule has 7 heteroatoms. The average molecular weight is 341 g/mol. The Labute approximate surface area is 136 Å². The third-order valence-electron chi connectivity index (χ3n) is 4.73. The zero-order valence-corrected chi connectivity index (χ0v) is 13.3. The van der Waals surface area contributed by atoms with Gasteiger partial charge >= 0.3 is 12.1 Å². The molecule has 1 unspecified atom stereocenters. The lowest BCUT2D eigenvalue weighted by atomic mass is 9.80. The van der Waals surface area contributed by atoms with Gasteiger partial charge in [0.25, 0.3) is 0 Å². The van der Waals surface area contributed by atoms with Gasteiger partial charge in [-0.2, -0.15) is 13.2 Å². The number of hydrogen-bond acceptors (Lipinski definition) is 2. The first-order valence-electron chi connectivity index (χ1n) is 7.74. The van der Waals surface area contributed by atoms with Crippen molar-refractivity contribution in [2.45, 2.75) is 38.5 Å². The number of rotatable bonds is 3. The van der Waals surface area contributed by atoms with E-state index in [4.69, 9.17) is 4.74 Å². The summed E-state index contributed by atoms with van der Waals surface area (Å²) in [6, 6.07) is 4.04. The standard InChI is InChI=1S/C17H18F3NO3/c1-9(2)16(8-13(22)23)15-11(6-7-24-16)10-4-3-5-12(14(10)21-15)17(18,19)20/h3-5,9,21H,6-8H2,1-2H3,(H,22,23). The molecule has 130 valence electrons. The van der Waals surface area contributed by atoms with Gasteiger partial charge in [0, 0.05) is 5.39 Å². The number of para-hydroxylation sites is 1. The van der Waals surface area contributed by atoms with Crippen molar-refractivity contribution in [2.75, 3.05) is 6.61 Å². The van der Waals surface area contributed by atoms with Gasteiger partial charge in [0.05, 0.1) is 29.8 Å². The molecule has 1 aliphatic heterocycles. The quantitative estimate of drug-likeness (QED) is 0.884. The minimum atomic E-state index is -4.49. The molecule has 3 rings (SSSR count). The highest BCUT2D eigenvalue weighted by molar-refractivity contribution is 5.88. The molecule has 1 aromatic carbocycles. The fourth-order valence-electron chi connectivity index (χ4n) is 3.56. The Morgan fingerprint density at radius 1 is 1.42 bits per heavy atom. The number of aromatic nitrogens is 1. The third-order valence-corrected chi connectivity index (χ3v) is 4.73. The summed E-state index contributed by atoms with van der Waals surface area (Å²) in [6.45, 7) is 3.91. The molecule has 24 heavy (non-hydrogen) atoms. The SMILES string of the molecule is CC(C)C1(CC(=O)O)OCCc2c1[nH]c1c(C(F)(F)F)cccc21. The van der Waals surface area contributed by atoms with E-state index < -0.39 is 23.3 Å². The van der Waals surface area contributed by atoms with E-state index in [2.05, 4.69) is 4.98 Å². The van der Waals surface area contributed by atoms with Crippen LogP contribution in [0, 0.1) is 5.92 Å². The van der Waals surface area contributed by atoms with Gasteiger partial charge in [-0.3, -0.25) is 4.79 Å². The number of carbonyl (C=O) groups is 1. The van der Waals surface area contributed by atoms with Gasteiger partial charge in [-0.15, -0.1) is 0 Å². The van der Waals surface area contributed by atoms with E-state index in [1.165, 1.54) is 6.07 Å². The number of ether oxygens (including phenoxy) is 1. The molecule has 1 atom stereocenters. The van der Waals surface area contributed by atoms with E-state index in [1.54, 1.807) is 6.07 Å². The first kappa shape index (κ1) is 16.8. The van der Waals surface area contributed by atoms with Crippen LogP contribution in [0.25, 0.3) is 10.9 Å². The van der Waals surface area contributed by atoms with Gasteiger partial charge in [0.15, 0.2) is 0 Å². The number of carboxylic acid groups (broad SMARTS) is 1. The van der Waals surface area contributed by atoms with Gasteiger partial charge in [0.2, 0.25) is 0 Å². The Hall–Kier alpha value is -2.02. The third kappa shape index (κ3) is 2.47. The van der Waals surface area contributed by atoms with Crippen LogP contribution >= 0.6 is 0 Å². The van der Waals surface area contributed by atoms with Crippen LogP contribution in [0.3, 0.4) is 0 Å². The Morgan fingerprint density at radius 2 is 2.12 bits per heavy atom. The van der Waals surface area contributed by atoms with Crippen molar-refractivity contribution in [2.24, 2.45) is 5.92 Å². The van der Waals surface area contributed by atoms with Crippen molar-refractivity contribution in [3.63, 3.8) is 0 Å². The van der Waals surface area contributed by atoms with Crippen molar-refractivity contribution in [1.82, 2.24) is 4.98 Å². The Kier molecular flexibility index (Phi) is 3.86. The molecular weight excluding hydrogens is 323 g/mol. The van der Waals surface area contributed by atoms with Gasteiger partial charge in [-0.1, -0.05) is 26.0 Å². The molecule has 0 radical (unpaired) electrons. The Morgan fingerprint density at radius 3 is 2.71 bits per heavy atom. The number of benzene rings is 1. The lowest BCUT2D eigenvalue weighted by Gasteiger charge is -2.39. The minimum absolute atomic E-state index is 0.00378. The van der Waals surface area contributed by atoms with E-state index >= 15 is 0 Å². The molecular formula is C17H18F3NO3. The average Bonchev–Trinajstić information content (AvgIpc) is 2.85. The zero-order valence-electron chi connectivity index (χ0n) is 13.3. The van der Waals surface area contributed by atoms with Crippen LogP contribution in [0.2, 0.25) is 0 Å². The lowest BCUT2D eigenvalue weighted by molar-refractivity contribution is -0.154. The number of nitrogens with one attached hydrogen (secondary N) is 1. The monoisotopic (exact) mass is 341 g/mol. The second-order valence-corrected chi connectivity index (χ2v) is 6.42. The molecule has 0 fully saturated rings. The molecule has 0 amide bonds. The molecule has 4 nitrogen and oxygen atoms in total. The summed E-state index contributed by atoms with van der Waals surface area (Å²) in [5.41, 5.74) is -0.727. The number of aliphatic carboxylic acids is 1. The molecule has 0 bridgehead atoms. The summed E-state index contributed by atoms with van der Waals surface area (Å²) in [4.78, 5) is 14.2. The first-order valence-corrected chi connectivity index (χ1v) is 7.74. The summed E-state index contributed by atoms with van der Waals surface area (Å²) >= 11 is 0. The normalized spacial score (nSPS) is 21.2. The van der Waals surface area contributed by atoms with Crippen LogP contribution in [0.15, 0.2) is 18.2 Å². The molecule has 0 saturated carbocycles. The first-order chi connectivity index (χ1) is 11.2. The van der Waals surface area contributed by atoms with Crippen LogP contribution < -0.4 is 0 Å². The zero-order chi connectivity index (χ0) is 17.7. The van der Waals surface area contributed by atoms with Crippen molar-refractivity contribution in [3.8, 4) is 0 Å². The van der Waals surface area contributed by atoms with E-state index in [0.717, 1.165) is 11.6 Å². The van der Waals surface area contributed by atoms with Crippen molar-refractivity contribution >= 4 is 16.9 Å². The van der Waals surface area contributed by atoms with E-state index in [0.29, 0.717) is 17.5 Å². The highest BCUT2D eigenvalue weighted by Gasteiger charge is 2.45. The predicted octanol–water partition coefficient (Wildman–Crippen LogP) is 4.09. The highest BCUT2D eigenvalue weighted by Crippen LogP contribution is 2.46. The van der Waals surface area contributed by atoms with Crippen LogP contribution in [0.5, 0.6) is 0 Å². The number of halogens is 3. The second kappa shape index (κ2) is 5.51. The number of carboxylic acids is 1. The van der Waals surface area contributed by atoms with Gasteiger partial charge in [-0.05, 0) is 24.0 Å². The number of alkyl halides is 3. The maximum Gasteiger partial charge on any atom is 0.418 e. The number of aromatic amines is 1. The van der Waals surface area contributed by atoms with E-state index in [1.807, 2.05) is 13.8 Å². The fourth-order valence-corrected chi connectivity index (χ4v) is 3.56. The lowest BCUT2D eigenvalue weighted by Crippen LogP contribution is -2.42. The van der Waals surface area contributed by atoms with Crippen LogP contribution in [0.1, 0.15) is 37.1 Å². The van der Waals surface area contributed by atoms with Crippen molar-refractivity contribution in [3.05, 3.63) is 35.0 Å². The molecule has 0 spiro atoms. The van der Waals surface area contributed by atoms with Crippen LogP contribution in [-0.4, -0.2) is 22.7 Å². The Bertz CT molecular complexity index is 794. The van der Waals surface area contributed by atoms with Crippen molar-refractivity contribution < 1.29 is 27.8 Å². The summed E-state index contributed by atoms with van der Waals surface area (Å²) in [5.74, 6) is -1.26. The topological polar surface area (TPSA) is 62.3 Å². The Balaban J connectivity index is 2.30. The van der Waals surface area contributed by atoms with Crippen LogP contribution in [0.4, 0.5) is 13.2 Å². The highest BCUT2D eigenvalue weighted by atomic mass is 19.4. The van der Waals surface area contributed by atoms with Crippen LogP contribution in [-0.2, 0) is 27.7 Å². The number of H-pyrrole nitrogens is 1. The summed E-state index contributed by atoms with van der Waals surface area (Å²) in [5, 5.41) is 9.77. The summed E-state index contributed by atoms with van der Waals surface area (Å²) in [7, 11) is 0. The molecule has 1 aromatic heterocycles. The predicted molar refractivity (Wildman–Crippen MR) is 81.7 cm³/mol. The molecule has 1 aliphatic rings. The molecule has 2 N–H and O–H groups in total. The molecule has 2 aromatic rings. The second-order valence-electron chi connectivity index (χ2n) is 6.42. The smallest absolute Gasteiger partial charge is 0.418 e. The number of fused-ring (bicyclic) bond motifs is 3. The van der Waals surface area contributed by atoms with Gasteiger partial charge in [0.1, 0.15) is 5.60 Å². The summed E-state index contributed by atoms with van der Waals surface area (Å²) in [6.07, 6.45) is -4.34. The van der Waals surface area contributed by atoms with Gasteiger partial charge < -0.3 is 14.8 Å². The van der Waals surface area contributed by atoms with Gasteiger partial charge in [-0.25, -0.2) is 0 Å². The van der Waals surface area contributed by atoms with E-state index in [9.17, 15) is 23.1 Å². The molecule has 0 aliphatic carbocycles.